The summed E-state index contributed by atoms with van der Waals surface area (Å²) in [6.07, 6.45) is 0. The van der Waals surface area contributed by atoms with Crippen LogP contribution in [0.3, 0.4) is 0 Å². The number of halogens is 1. The number of anilines is 3. The fourth-order valence-corrected chi connectivity index (χ4v) is 3.63. The highest BCUT2D eigenvalue weighted by atomic mass is 19.1. The van der Waals surface area contributed by atoms with Gasteiger partial charge in [-0.05, 0) is 23.7 Å². The van der Waals surface area contributed by atoms with Crippen molar-refractivity contribution in [2.75, 3.05) is 22.2 Å². The van der Waals surface area contributed by atoms with Crippen LogP contribution in [0.5, 0.6) is 0 Å². The lowest BCUT2D eigenvalue weighted by atomic mass is 9.47. The molecule has 0 aliphatic carbocycles. The normalized spacial score (nSPS) is 18.8. The van der Waals surface area contributed by atoms with Crippen LogP contribution < -0.4 is 20.4 Å². The second-order valence-corrected chi connectivity index (χ2v) is 7.44. The standard InChI is InChI=1S/C17H18B5FN4/c1-8-13-10(7-25-8)11(24-5)6-12-14(13)27(16(4,19)20)9(2)26(12)17(21,22)15(3,18)23/h6,24-25H,1-2,7H2,3-5H3. The van der Waals surface area contributed by atoms with Crippen LogP contribution in [0.4, 0.5) is 21.5 Å². The first-order valence-electron chi connectivity index (χ1n) is 8.47. The Hall–Kier alpha value is -1.85. The maximum absolute atomic E-state index is 14.8. The summed E-state index contributed by atoms with van der Waals surface area (Å²) in [6.45, 7) is 11.4. The van der Waals surface area contributed by atoms with E-state index in [2.05, 4.69) is 23.8 Å². The van der Waals surface area contributed by atoms with Crippen LogP contribution in [-0.2, 0) is 6.54 Å². The van der Waals surface area contributed by atoms with Crippen LogP contribution in [0.1, 0.15) is 25.0 Å². The first kappa shape index (κ1) is 19.9. The molecule has 0 amide bonds. The van der Waals surface area contributed by atoms with Crippen molar-refractivity contribution in [2.24, 2.45) is 0 Å². The Labute approximate surface area is 167 Å². The molecule has 3 rings (SSSR count). The maximum atomic E-state index is 14.8. The molecule has 1 aromatic carbocycles. The van der Waals surface area contributed by atoms with E-state index in [1.807, 2.05) is 0 Å². The Balaban J connectivity index is 2.39. The summed E-state index contributed by atoms with van der Waals surface area (Å²) in [5.41, 5.74) is 1.86. The van der Waals surface area contributed by atoms with Gasteiger partial charge in [0.2, 0.25) is 0 Å². The fraction of sp³-hybridized carbons (Fsp3) is 0.412. The lowest BCUT2D eigenvalue weighted by Gasteiger charge is -2.48. The van der Waals surface area contributed by atoms with Crippen molar-refractivity contribution in [1.29, 1.82) is 0 Å². The minimum atomic E-state index is -2.46. The molecule has 27 heavy (non-hydrogen) atoms. The number of hydrogen-bond acceptors (Lipinski definition) is 4. The van der Waals surface area contributed by atoms with Crippen LogP contribution in [0.15, 0.2) is 25.0 Å². The number of hydrogen-bond donors (Lipinski definition) is 2. The van der Waals surface area contributed by atoms with Crippen LogP contribution in [0, 0.1) is 0 Å². The molecule has 10 radical (unpaired) electrons. The molecule has 2 heterocycles. The van der Waals surface area contributed by atoms with E-state index in [1.165, 1.54) is 4.90 Å². The van der Waals surface area contributed by atoms with E-state index in [1.54, 1.807) is 24.9 Å². The number of nitrogens with one attached hydrogen (secondary N) is 2. The monoisotopic (exact) mass is 352 g/mol. The molecule has 4 nitrogen and oxygen atoms in total. The smallest absolute Gasteiger partial charge is 0.122 e. The zero-order valence-electron chi connectivity index (χ0n) is 15.9. The van der Waals surface area contributed by atoms with Gasteiger partial charge in [-0.3, -0.25) is 4.39 Å². The average molecular weight is 351 g/mol. The molecule has 0 fully saturated rings. The van der Waals surface area contributed by atoms with Crippen molar-refractivity contribution in [1.82, 2.24) is 5.32 Å². The largest absolute Gasteiger partial charge is 0.388 e. The van der Waals surface area contributed by atoms with E-state index in [0.29, 0.717) is 23.6 Å². The molecule has 0 saturated heterocycles. The van der Waals surface area contributed by atoms with Gasteiger partial charge in [-0.25, -0.2) is 0 Å². The maximum Gasteiger partial charge on any atom is 0.122 e. The number of alkyl halides is 1. The molecule has 2 aliphatic rings. The second-order valence-electron chi connectivity index (χ2n) is 7.44. The molecular formula is C17H18B5FN4. The summed E-state index contributed by atoms with van der Waals surface area (Å²) in [7, 11) is 32.2. The minimum absolute atomic E-state index is 0.215. The minimum Gasteiger partial charge on any atom is -0.388 e. The molecule has 1 unspecified atom stereocenters. The summed E-state index contributed by atoms with van der Waals surface area (Å²) in [5, 5.41) is 2.85. The number of benzene rings is 1. The predicted octanol–water partition coefficient (Wildman–Crippen LogP) is 0.755. The van der Waals surface area contributed by atoms with Gasteiger partial charge in [-0.2, -0.15) is 0 Å². The summed E-state index contributed by atoms with van der Waals surface area (Å²) in [5.74, 6) is 0.215. The topological polar surface area (TPSA) is 30.5 Å². The average Bonchev–Trinajstić information content (AvgIpc) is 3.02. The zero-order valence-corrected chi connectivity index (χ0v) is 15.9. The molecule has 128 valence electrons. The van der Waals surface area contributed by atoms with Crippen molar-refractivity contribution in [3.63, 3.8) is 0 Å². The second kappa shape index (κ2) is 5.82. The first-order chi connectivity index (χ1) is 12.2. The third-order valence-electron chi connectivity index (χ3n) is 5.05. The molecule has 0 saturated carbocycles. The van der Waals surface area contributed by atoms with Crippen molar-refractivity contribution >= 4 is 62.0 Å². The Bertz CT molecular complexity index is 841. The van der Waals surface area contributed by atoms with Gasteiger partial charge in [-0.15, -0.1) is 0 Å². The third kappa shape index (κ3) is 2.71. The van der Waals surface area contributed by atoms with Gasteiger partial charge in [0.25, 0.3) is 0 Å². The number of nitrogens with zero attached hydrogens (tertiary/aromatic N) is 2. The van der Waals surface area contributed by atoms with Crippen molar-refractivity contribution < 1.29 is 4.39 Å². The quantitative estimate of drug-likeness (QED) is 0.784. The molecule has 0 spiro atoms. The van der Waals surface area contributed by atoms with Crippen molar-refractivity contribution in [2.45, 2.75) is 36.6 Å². The van der Waals surface area contributed by atoms with E-state index in [9.17, 15) is 4.39 Å². The van der Waals surface area contributed by atoms with Gasteiger partial charge in [0, 0.05) is 36.1 Å². The molecule has 0 aromatic heterocycles. The number of rotatable bonds is 4. The fourth-order valence-electron chi connectivity index (χ4n) is 3.63. The van der Waals surface area contributed by atoms with Gasteiger partial charge in [-0.1, -0.05) is 20.1 Å². The predicted molar refractivity (Wildman–Crippen MR) is 115 cm³/mol. The van der Waals surface area contributed by atoms with E-state index in [0.717, 1.165) is 23.7 Å². The van der Waals surface area contributed by atoms with Gasteiger partial charge >= 0.3 is 0 Å². The summed E-state index contributed by atoms with van der Waals surface area (Å²) >= 11 is 0. The molecule has 2 aliphatic heterocycles. The SMILES string of the molecule is [B]C([B])(C)N1C(=C)N(C([B])([B])C([B])(C)F)c2cc(NC)c3c(c21)C(=C)NC3. The molecule has 2 N–H and O–H groups in total. The highest BCUT2D eigenvalue weighted by molar-refractivity contribution is 6.48. The molecule has 0 bridgehead atoms. The molecule has 1 atom stereocenters. The molecular weight excluding hydrogens is 333 g/mol. The van der Waals surface area contributed by atoms with Crippen LogP contribution in [0.25, 0.3) is 5.70 Å². The Morgan fingerprint density at radius 1 is 1.15 bits per heavy atom. The van der Waals surface area contributed by atoms with Crippen LogP contribution >= 0.6 is 0 Å². The van der Waals surface area contributed by atoms with E-state index >= 15 is 0 Å². The number of fused-ring (bicyclic) bond motifs is 3. The Kier molecular flexibility index (Phi) is 4.29. The molecule has 1 aromatic rings. The van der Waals surface area contributed by atoms with Crippen LogP contribution in [-0.4, -0.2) is 62.5 Å². The van der Waals surface area contributed by atoms with Crippen molar-refractivity contribution in [3.05, 3.63) is 36.2 Å². The summed E-state index contributed by atoms with van der Waals surface area (Å²) in [4.78, 5) is 2.89. The third-order valence-corrected chi connectivity index (χ3v) is 5.05. The van der Waals surface area contributed by atoms with E-state index in [4.69, 9.17) is 39.2 Å². The van der Waals surface area contributed by atoms with Gasteiger partial charge in [0.1, 0.15) is 13.7 Å². The highest BCUT2D eigenvalue weighted by Crippen LogP contribution is 2.54. The first-order valence-corrected chi connectivity index (χ1v) is 8.47. The lowest BCUT2D eigenvalue weighted by molar-refractivity contribution is 0.271. The van der Waals surface area contributed by atoms with E-state index < -0.39 is 16.2 Å². The lowest BCUT2D eigenvalue weighted by Crippen LogP contribution is -2.63. The molecule has 10 heteroatoms. The van der Waals surface area contributed by atoms with Gasteiger partial charge < -0.3 is 20.4 Å². The summed E-state index contributed by atoms with van der Waals surface area (Å²) < 4.78 is 14.8. The van der Waals surface area contributed by atoms with Crippen molar-refractivity contribution in [3.8, 4) is 0 Å². The zero-order chi connectivity index (χ0) is 20.5. The highest BCUT2D eigenvalue weighted by Gasteiger charge is 2.49. The van der Waals surface area contributed by atoms with Gasteiger partial charge in [0.05, 0.1) is 48.3 Å². The van der Waals surface area contributed by atoms with Crippen LogP contribution in [0.2, 0.25) is 0 Å². The van der Waals surface area contributed by atoms with Gasteiger partial charge in [0.15, 0.2) is 0 Å². The Morgan fingerprint density at radius 3 is 2.22 bits per heavy atom. The summed E-state index contributed by atoms with van der Waals surface area (Å²) in [6, 6.07) is 1.80. The van der Waals surface area contributed by atoms with E-state index in [-0.39, 0.29) is 5.82 Å². The Morgan fingerprint density at radius 2 is 1.74 bits per heavy atom.